The van der Waals surface area contributed by atoms with E-state index in [2.05, 4.69) is 0 Å². The first-order chi connectivity index (χ1) is 6.22. The number of amides is 1. The fraction of sp³-hybridized carbons (Fsp3) is 0.111. The van der Waals surface area contributed by atoms with Crippen LogP contribution in [0.3, 0.4) is 0 Å². The molecule has 1 aromatic rings. The molecular weight excluding hydrogens is 184 g/mol. The van der Waals surface area contributed by atoms with E-state index >= 15 is 0 Å². The first-order valence-electron chi connectivity index (χ1n) is 3.66. The Morgan fingerprint density at radius 1 is 1.77 bits per heavy atom. The number of rotatable bonds is 3. The van der Waals surface area contributed by atoms with Crippen LogP contribution in [0.15, 0.2) is 17.5 Å². The minimum Gasteiger partial charge on any atom is -0.369 e. The molecule has 0 aliphatic carbocycles. The third-order valence-corrected chi connectivity index (χ3v) is 2.21. The summed E-state index contributed by atoms with van der Waals surface area (Å²) >= 11 is 1.38. The first-order valence-corrected chi connectivity index (χ1v) is 4.54. The monoisotopic (exact) mass is 192 g/mol. The molecule has 0 radical (unpaired) electrons. The molecule has 1 heterocycles. The van der Waals surface area contributed by atoms with Crippen molar-refractivity contribution in [2.75, 3.05) is 0 Å². The molecule has 0 aliphatic heterocycles. The number of nitrogens with two attached hydrogens (primary N) is 1. The molecule has 4 heteroatoms. The van der Waals surface area contributed by atoms with Crippen molar-refractivity contribution in [3.8, 4) is 6.07 Å². The molecule has 1 amide bonds. The van der Waals surface area contributed by atoms with Gasteiger partial charge >= 0.3 is 0 Å². The molecule has 0 aliphatic rings. The van der Waals surface area contributed by atoms with Gasteiger partial charge in [0.05, 0.1) is 0 Å². The fourth-order valence-electron chi connectivity index (χ4n) is 0.808. The average Bonchev–Trinajstić information content (AvgIpc) is 2.52. The van der Waals surface area contributed by atoms with E-state index in [0.717, 1.165) is 5.56 Å². The van der Waals surface area contributed by atoms with Gasteiger partial charge in [-0.2, -0.15) is 5.26 Å². The first kappa shape index (κ1) is 9.49. The summed E-state index contributed by atoms with van der Waals surface area (Å²) in [5, 5.41) is 10.4. The highest BCUT2D eigenvalue weighted by molar-refractivity contribution is 7.10. The third-order valence-electron chi connectivity index (χ3n) is 1.36. The minimum atomic E-state index is -0.355. The van der Waals surface area contributed by atoms with Gasteiger partial charge in [0.15, 0.2) is 0 Å². The smallest absolute Gasteiger partial charge is 0.221 e. The van der Waals surface area contributed by atoms with Crippen LogP contribution in [0.2, 0.25) is 0 Å². The SMILES string of the molecule is N#Cc1cc(C=CCC(N)=O)cs1. The lowest BCUT2D eigenvalue weighted by Gasteiger charge is -1.84. The lowest BCUT2D eigenvalue weighted by Crippen LogP contribution is -2.07. The lowest BCUT2D eigenvalue weighted by atomic mass is 10.2. The van der Waals surface area contributed by atoms with Crippen LogP contribution >= 0.6 is 11.3 Å². The van der Waals surface area contributed by atoms with Gasteiger partial charge < -0.3 is 5.73 Å². The molecule has 2 N–H and O–H groups in total. The quantitative estimate of drug-likeness (QED) is 0.788. The number of primary amides is 1. The summed E-state index contributed by atoms with van der Waals surface area (Å²) in [6.45, 7) is 0. The summed E-state index contributed by atoms with van der Waals surface area (Å²) in [5.41, 5.74) is 5.88. The van der Waals surface area contributed by atoms with Gasteiger partial charge in [-0.3, -0.25) is 4.79 Å². The van der Waals surface area contributed by atoms with Gasteiger partial charge in [0, 0.05) is 6.42 Å². The third kappa shape index (κ3) is 3.09. The maximum atomic E-state index is 10.4. The van der Waals surface area contributed by atoms with E-state index in [1.54, 1.807) is 18.2 Å². The zero-order valence-electron chi connectivity index (χ0n) is 6.86. The van der Waals surface area contributed by atoms with Crippen molar-refractivity contribution in [1.29, 1.82) is 5.26 Å². The minimum absolute atomic E-state index is 0.234. The Hall–Kier alpha value is -1.60. The molecule has 0 bridgehead atoms. The Bertz CT molecular complexity index is 373. The second-order valence-corrected chi connectivity index (χ2v) is 3.34. The number of hydrogen-bond acceptors (Lipinski definition) is 3. The normalized spacial score (nSPS) is 10.1. The number of nitriles is 1. The summed E-state index contributed by atoms with van der Waals surface area (Å²) < 4.78 is 0. The molecule has 0 saturated carbocycles. The Balaban J connectivity index is 2.60. The molecule has 0 atom stereocenters. The average molecular weight is 192 g/mol. The molecule has 3 nitrogen and oxygen atoms in total. The number of hydrogen-bond donors (Lipinski definition) is 1. The predicted molar refractivity (Wildman–Crippen MR) is 51.9 cm³/mol. The van der Waals surface area contributed by atoms with E-state index in [9.17, 15) is 4.79 Å². The maximum absolute atomic E-state index is 10.4. The molecule has 0 saturated heterocycles. The Morgan fingerprint density at radius 2 is 2.54 bits per heavy atom. The molecule has 0 unspecified atom stereocenters. The van der Waals surface area contributed by atoms with E-state index in [1.165, 1.54) is 11.3 Å². The van der Waals surface area contributed by atoms with Gasteiger partial charge in [-0.1, -0.05) is 12.2 Å². The largest absolute Gasteiger partial charge is 0.369 e. The number of thiophene rings is 1. The van der Waals surface area contributed by atoms with Crippen LogP contribution in [-0.2, 0) is 4.79 Å². The fourth-order valence-corrected chi connectivity index (χ4v) is 1.47. The number of carbonyl (C=O) groups excluding carboxylic acids is 1. The highest BCUT2D eigenvalue weighted by atomic mass is 32.1. The second-order valence-electron chi connectivity index (χ2n) is 2.43. The van der Waals surface area contributed by atoms with Crippen LogP contribution in [0.5, 0.6) is 0 Å². The van der Waals surface area contributed by atoms with Crippen LogP contribution in [0.25, 0.3) is 6.08 Å². The Labute approximate surface area is 80.1 Å². The van der Waals surface area contributed by atoms with Crippen molar-refractivity contribution in [2.45, 2.75) is 6.42 Å². The Kier molecular flexibility index (Phi) is 3.23. The summed E-state index contributed by atoms with van der Waals surface area (Å²) in [4.78, 5) is 11.0. The standard InChI is InChI=1S/C9H8N2OS/c10-5-8-4-7(6-13-8)2-1-3-9(11)12/h1-2,4,6H,3H2,(H2,11,12). The van der Waals surface area contributed by atoms with E-state index in [1.807, 2.05) is 11.4 Å². The highest BCUT2D eigenvalue weighted by Crippen LogP contribution is 2.14. The molecular formula is C9H8N2OS. The molecule has 0 spiro atoms. The van der Waals surface area contributed by atoms with Gasteiger partial charge in [0.2, 0.25) is 5.91 Å². The number of carbonyl (C=O) groups is 1. The van der Waals surface area contributed by atoms with Crippen LogP contribution in [-0.4, -0.2) is 5.91 Å². The second kappa shape index (κ2) is 4.43. The summed E-state index contributed by atoms with van der Waals surface area (Å²) in [7, 11) is 0. The van der Waals surface area contributed by atoms with Crippen molar-refractivity contribution < 1.29 is 4.79 Å². The van der Waals surface area contributed by atoms with Crippen molar-refractivity contribution in [3.05, 3.63) is 28.0 Å². The topological polar surface area (TPSA) is 66.9 Å². The van der Waals surface area contributed by atoms with Crippen LogP contribution in [0, 0.1) is 11.3 Å². The molecule has 1 aromatic heterocycles. The molecule has 0 fully saturated rings. The van der Waals surface area contributed by atoms with Crippen LogP contribution in [0.4, 0.5) is 0 Å². The number of nitrogens with zero attached hydrogens (tertiary/aromatic N) is 1. The lowest BCUT2D eigenvalue weighted by molar-refractivity contribution is -0.117. The van der Waals surface area contributed by atoms with Crippen molar-refractivity contribution in [2.24, 2.45) is 5.73 Å². The van der Waals surface area contributed by atoms with E-state index in [4.69, 9.17) is 11.0 Å². The summed E-state index contributed by atoms with van der Waals surface area (Å²) in [6, 6.07) is 3.81. The van der Waals surface area contributed by atoms with Crippen molar-refractivity contribution in [1.82, 2.24) is 0 Å². The maximum Gasteiger partial charge on any atom is 0.221 e. The van der Waals surface area contributed by atoms with Gasteiger partial charge in [-0.05, 0) is 17.0 Å². The summed E-state index contributed by atoms with van der Waals surface area (Å²) in [6.07, 6.45) is 3.70. The van der Waals surface area contributed by atoms with Crippen LogP contribution < -0.4 is 5.73 Å². The highest BCUT2D eigenvalue weighted by Gasteiger charge is 1.94. The van der Waals surface area contributed by atoms with E-state index < -0.39 is 0 Å². The predicted octanol–water partition coefficient (Wildman–Crippen LogP) is 1.51. The summed E-state index contributed by atoms with van der Waals surface area (Å²) in [5.74, 6) is -0.355. The molecule has 1 rings (SSSR count). The van der Waals surface area contributed by atoms with Gasteiger partial charge in [-0.25, -0.2) is 0 Å². The zero-order valence-corrected chi connectivity index (χ0v) is 7.67. The molecule has 0 aromatic carbocycles. The van der Waals surface area contributed by atoms with Crippen molar-refractivity contribution in [3.63, 3.8) is 0 Å². The molecule has 13 heavy (non-hydrogen) atoms. The molecule has 66 valence electrons. The zero-order chi connectivity index (χ0) is 9.68. The van der Waals surface area contributed by atoms with Crippen molar-refractivity contribution >= 4 is 23.3 Å². The van der Waals surface area contributed by atoms with E-state index in [0.29, 0.717) is 4.88 Å². The van der Waals surface area contributed by atoms with E-state index in [-0.39, 0.29) is 12.3 Å². The van der Waals surface area contributed by atoms with Gasteiger partial charge in [0.1, 0.15) is 10.9 Å². The van der Waals surface area contributed by atoms with Gasteiger partial charge in [-0.15, -0.1) is 11.3 Å². The Morgan fingerprint density at radius 3 is 3.08 bits per heavy atom. The van der Waals surface area contributed by atoms with Crippen LogP contribution in [0.1, 0.15) is 16.9 Å². The van der Waals surface area contributed by atoms with Gasteiger partial charge in [0.25, 0.3) is 0 Å².